The highest BCUT2D eigenvalue weighted by Gasteiger charge is 2.37. The fourth-order valence-electron chi connectivity index (χ4n) is 3.68. The summed E-state index contributed by atoms with van der Waals surface area (Å²) in [5.74, 6) is 0.736. The second-order valence-corrected chi connectivity index (χ2v) is 7.37. The molecule has 1 aliphatic heterocycles. The van der Waals surface area contributed by atoms with E-state index in [9.17, 15) is 14.7 Å². The third kappa shape index (κ3) is 4.10. The molecule has 1 saturated carbocycles. The zero-order chi connectivity index (χ0) is 17.9. The van der Waals surface area contributed by atoms with E-state index in [0.717, 1.165) is 38.5 Å². The van der Waals surface area contributed by atoms with Gasteiger partial charge in [0.05, 0.1) is 6.61 Å². The van der Waals surface area contributed by atoms with Crippen molar-refractivity contribution in [3.05, 3.63) is 27.9 Å². The van der Waals surface area contributed by atoms with E-state index in [1.165, 1.54) is 6.20 Å². The largest absolute Gasteiger partial charge is 0.396 e. The molecule has 0 aromatic carbocycles. The van der Waals surface area contributed by atoms with Crippen LogP contribution in [0.15, 0.2) is 11.0 Å². The first-order valence-corrected chi connectivity index (χ1v) is 9.07. The summed E-state index contributed by atoms with van der Waals surface area (Å²) in [4.78, 5) is 33.8. The average Bonchev–Trinajstić information content (AvgIpc) is 3.47. The molecule has 0 spiro atoms. The SMILES string of the molecule is COCCCC1(CO)CCCN(C(=O)c2cnc(C3CC3)[nH]c2=O)C1. The lowest BCUT2D eigenvalue weighted by Gasteiger charge is -2.42. The Kier molecular flexibility index (Phi) is 5.54. The number of methoxy groups -OCH3 is 1. The summed E-state index contributed by atoms with van der Waals surface area (Å²) in [7, 11) is 1.66. The van der Waals surface area contributed by atoms with Crippen LogP contribution in [0.3, 0.4) is 0 Å². The molecule has 1 atom stereocenters. The number of amides is 1. The van der Waals surface area contributed by atoms with Crippen molar-refractivity contribution in [2.45, 2.75) is 44.4 Å². The predicted molar refractivity (Wildman–Crippen MR) is 92.6 cm³/mol. The topological polar surface area (TPSA) is 95.5 Å². The monoisotopic (exact) mass is 349 g/mol. The summed E-state index contributed by atoms with van der Waals surface area (Å²) in [5.41, 5.74) is -0.572. The fourth-order valence-corrected chi connectivity index (χ4v) is 3.68. The lowest BCUT2D eigenvalue weighted by molar-refractivity contribution is 0.0179. The number of H-pyrrole nitrogens is 1. The van der Waals surface area contributed by atoms with Crippen molar-refractivity contribution >= 4 is 5.91 Å². The minimum Gasteiger partial charge on any atom is -0.396 e. The number of aliphatic hydroxyl groups is 1. The molecule has 1 unspecified atom stereocenters. The summed E-state index contributed by atoms with van der Waals surface area (Å²) in [6.45, 7) is 1.75. The van der Waals surface area contributed by atoms with Crippen LogP contribution in [0.1, 0.15) is 60.6 Å². The Hall–Kier alpha value is -1.73. The smallest absolute Gasteiger partial charge is 0.263 e. The Balaban J connectivity index is 1.71. The molecule has 2 aliphatic rings. The van der Waals surface area contributed by atoms with Gasteiger partial charge in [0.15, 0.2) is 0 Å². The number of carbonyl (C=O) groups is 1. The van der Waals surface area contributed by atoms with Gasteiger partial charge in [-0.1, -0.05) is 0 Å². The van der Waals surface area contributed by atoms with Crippen molar-refractivity contribution in [2.24, 2.45) is 5.41 Å². The van der Waals surface area contributed by atoms with Crippen molar-refractivity contribution in [3.8, 4) is 0 Å². The second kappa shape index (κ2) is 7.66. The number of likely N-dealkylation sites (tertiary alicyclic amines) is 1. The van der Waals surface area contributed by atoms with Gasteiger partial charge in [-0.3, -0.25) is 9.59 Å². The molecule has 2 N–H and O–H groups in total. The first-order valence-electron chi connectivity index (χ1n) is 9.07. The van der Waals surface area contributed by atoms with E-state index in [2.05, 4.69) is 9.97 Å². The Bertz CT molecular complexity index is 671. The second-order valence-electron chi connectivity index (χ2n) is 7.37. The number of carbonyl (C=O) groups excluding carboxylic acids is 1. The van der Waals surface area contributed by atoms with E-state index >= 15 is 0 Å². The highest BCUT2D eigenvalue weighted by atomic mass is 16.5. The summed E-state index contributed by atoms with van der Waals surface area (Å²) in [6, 6.07) is 0. The van der Waals surface area contributed by atoms with Crippen molar-refractivity contribution in [3.63, 3.8) is 0 Å². The number of nitrogens with one attached hydrogen (secondary N) is 1. The molecular weight excluding hydrogens is 322 g/mol. The van der Waals surface area contributed by atoms with Crippen LogP contribution in [0.4, 0.5) is 0 Å². The summed E-state index contributed by atoms with van der Waals surface area (Å²) in [5, 5.41) is 9.91. The molecule has 7 heteroatoms. The zero-order valence-corrected chi connectivity index (χ0v) is 14.8. The Morgan fingerprint density at radius 3 is 2.96 bits per heavy atom. The number of hydrogen-bond donors (Lipinski definition) is 2. The van der Waals surface area contributed by atoms with E-state index in [1.807, 2.05) is 0 Å². The highest BCUT2D eigenvalue weighted by Crippen LogP contribution is 2.37. The van der Waals surface area contributed by atoms with E-state index < -0.39 is 0 Å². The Labute approximate surface area is 147 Å². The van der Waals surface area contributed by atoms with Crippen molar-refractivity contribution in [1.82, 2.24) is 14.9 Å². The van der Waals surface area contributed by atoms with E-state index in [1.54, 1.807) is 12.0 Å². The maximum absolute atomic E-state index is 12.8. The number of rotatable bonds is 7. The quantitative estimate of drug-likeness (QED) is 0.723. The lowest BCUT2D eigenvalue weighted by Crippen LogP contribution is -2.49. The average molecular weight is 349 g/mol. The van der Waals surface area contributed by atoms with Gasteiger partial charge in [0, 0.05) is 44.3 Å². The van der Waals surface area contributed by atoms with Gasteiger partial charge in [0.25, 0.3) is 11.5 Å². The number of aromatic amines is 1. The lowest BCUT2D eigenvalue weighted by atomic mass is 9.77. The van der Waals surface area contributed by atoms with Crippen molar-refractivity contribution in [1.29, 1.82) is 0 Å². The molecule has 25 heavy (non-hydrogen) atoms. The van der Waals surface area contributed by atoms with Crippen LogP contribution < -0.4 is 5.56 Å². The highest BCUT2D eigenvalue weighted by molar-refractivity contribution is 5.93. The van der Waals surface area contributed by atoms with Crippen molar-refractivity contribution in [2.75, 3.05) is 33.4 Å². The van der Waals surface area contributed by atoms with Crippen LogP contribution in [-0.2, 0) is 4.74 Å². The molecule has 1 aromatic rings. The molecular formula is C18H27N3O4. The molecule has 0 radical (unpaired) electrons. The van der Waals surface area contributed by atoms with Crippen molar-refractivity contribution < 1.29 is 14.6 Å². The Morgan fingerprint density at radius 1 is 1.52 bits per heavy atom. The van der Waals surface area contributed by atoms with Gasteiger partial charge in [0.2, 0.25) is 0 Å². The van der Waals surface area contributed by atoms with Crippen LogP contribution >= 0.6 is 0 Å². The van der Waals surface area contributed by atoms with E-state index in [4.69, 9.17) is 4.74 Å². The normalized spacial score (nSPS) is 23.7. The van der Waals surface area contributed by atoms with Crippen LogP contribution in [0, 0.1) is 5.41 Å². The summed E-state index contributed by atoms with van der Waals surface area (Å²) >= 11 is 0. The van der Waals surface area contributed by atoms with Gasteiger partial charge in [0.1, 0.15) is 11.4 Å². The van der Waals surface area contributed by atoms with E-state index in [0.29, 0.717) is 31.4 Å². The fraction of sp³-hybridized carbons (Fsp3) is 0.722. The van der Waals surface area contributed by atoms with Gasteiger partial charge in [-0.25, -0.2) is 4.98 Å². The maximum Gasteiger partial charge on any atom is 0.263 e. The van der Waals surface area contributed by atoms with Gasteiger partial charge in [-0.05, 0) is 38.5 Å². The van der Waals surface area contributed by atoms with Gasteiger partial charge < -0.3 is 19.7 Å². The minimum atomic E-state index is -0.360. The summed E-state index contributed by atoms with van der Waals surface area (Å²) < 4.78 is 5.10. The molecule has 1 aromatic heterocycles. The molecule has 1 aliphatic carbocycles. The number of ether oxygens (including phenoxy) is 1. The first-order chi connectivity index (χ1) is 12.1. The number of aliphatic hydroxyl groups excluding tert-OH is 1. The first kappa shape index (κ1) is 18.1. The maximum atomic E-state index is 12.8. The number of nitrogens with zero attached hydrogens (tertiary/aromatic N) is 2. The summed E-state index contributed by atoms with van der Waals surface area (Å²) in [6.07, 6.45) is 6.85. The third-order valence-electron chi connectivity index (χ3n) is 5.35. The number of aromatic nitrogens is 2. The van der Waals surface area contributed by atoms with Gasteiger partial charge in [-0.15, -0.1) is 0 Å². The van der Waals surface area contributed by atoms with Crippen LogP contribution in [0.2, 0.25) is 0 Å². The molecule has 1 saturated heterocycles. The van der Waals surface area contributed by atoms with Gasteiger partial charge >= 0.3 is 0 Å². The zero-order valence-electron chi connectivity index (χ0n) is 14.8. The molecule has 2 heterocycles. The molecule has 1 amide bonds. The van der Waals surface area contributed by atoms with E-state index in [-0.39, 0.29) is 29.1 Å². The standard InChI is InChI=1S/C18H27N3O4/c1-25-9-3-7-18(12-22)6-2-8-21(11-18)17(24)14-10-19-15(13-4-5-13)20-16(14)23/h10,13,22H,2-9,11-12H2,1H3,(H,19,20,23). The predicted octanol–water partition coefficient (Wildman–Crippen LogP) is 1.29. The van der Waals surface area contributed by atoms with Crippen LogP contribution in [0.5, 0.6) is 0 Å². The number of hydrogen-bond acceptors (Lipinski definition) is 5. The molecule has 7 nitrogen and oxygen atoms in total. The molecule has 3 rings (SSSR count). The number of piperidine rings is 1. The molecule has 0 bridgehead atoms. The van der Waals surface area contributed by atoms with Gasteiger partial charge in [-0.2, -0.15) is 0 Å². The molecule has 2 fully saturated rings. The molecule has 138 valence electrons. The van der Waals surface area contributed by atoms with Crippen LogP contribution in [0.25, 0.3) is 0 Å². The van der Waals surface area contributed by atoms with Crippen LogP contribution in [-0.4, -0.2) is 59.3 Å². The third-order valence-corrected chi connectivity index (χ3v) is 5.35. The minimum absolute atomic E-state index is 0.0374. The Morgan fingerprint density at radius 2 is 2.32 bits per heavy atom.